The highest BCUT2D eigenvalue weighted by atomic mass is 35.5. The Bertz CT molecular complexity index is 450. The molecule has 1 unspecified atom stereocenters. The van der Waals surface area contributed by atoms with Crippen LogP contribution in [0.25, 0.3) is 0 Å². The maximum atomic E-state index is 10.9. The number of hydrogen-bond donors (Lipinski definition) is 1. The van der Waals surface area contributed by atoms with Gasteiger partial charge in [-0.3, -0.25) is 10.1 Å². The van der Waals surface area contributed by atoms with E-state index in [4.69, 9.17) is 16.3 Å². The molecule has 1 fully saturated rings. The summed E-state index contributed by atoms with van der Waals surface area (Å²) in [6.45, 7) is 2.49. The Morgan fingerprint density at radius 1 is 1.63 bits per heavy atom. The van der Waals surface area contributed by atoms with Crippen molar-refractivity contribution < 1.29 is 9.66 Å². The van der Waals surface area contributed by atoms with Crippen LogP contribution < -0.4 is 10.1 Å². The van der Waals surface area contributed by atoms with Crippen LogP contribution in [0.4, 0.5) is 5.69 Å². The quantitative estimate of drug-likeness (QED) is 0.664. The fourth-order valence-corrected chi connectivity index (χ4v) is 2.30. The lowest BCUT2D eigenvalue weighted by Crippen LogP contribution is -2.30. The van der Waals surface area contributed by atoms with E-state index in [1.165, 1.54) is 25.1 Å². The molecule has 1 saturated heterocycles. The van der Waals surface area contributed by atoms with Crippen LogP contribution in [-0.2, 0) is 0 Å². The van der Waals surface area contributed by atoms with Crippen molar-refractivity contribution in [1.29, 1.82) is 0 Å². The standard InChI is InChI=1S/C12H16ClN3O3/c13-10-6-11(16(17)18)12(15-8-10)19-5-3-9-2-1-4-14-7-9/h6,8-9,14H,1-5,7H2. The van der Waals surface area contributed by atoms with Crippen molar-refractivity contribution in [3.05, 3.63) is 27.4 Å². The van der Waals surface area contributed by atoms with Gasteiger partial charge < -0.3 is 10.1 Å². The highest BCUT2D eigenvalue weighted by molar-refractivity contribution is 6.30. The summed E-state index contributed by atoms with van der Waals surface area (Å²) in [7, 11) is 0. The number of nitrogens with one attached hydrogen (secondary N) is 1. The molecule has 0 radical (unpaired) electrons. The second kappa shape index (κ2) is 6.68. The van der Waals surface area contributed by atoms with Gasteiger partial charge in [-0.25, -0.2) is 4.98 Å². The first-order chi connectivity index (χ1) is 9.16. The van der Waals surface area contributed by atoms with E-state index < -0.39 is 4.92 Å². The molecule has 1 aromatic rings. The van der Waals surface area contributed by atoms with Gasteiger partial charge in [0.15, 0.2) is 0 Å². The van der Waals surface area contributed by atoms with Crippen LogP contribution in [0.3, 0.4) is 0 Å². The molecule has 0 saturated carbocycles. The molecule has 104 valence electrons. The second-order valence-corrected chi connectivity index (χ2v) is 5.02. The summed E-state index contributed by atoms with van der Waals surface area (Å²) >= 11 is 5.69. The Hall–Kier alpha value is -1.40. The number of piperidine rings is 1. The predicted molar refractivity (Wildman–Crippen MR) is 71.6 cm³/mol. The van der Waals surface area contributed by atoms with Gasteiger partial charge in [-0.05, 0) is 38.3 Å². The summed E-state index contributed by atoms with van der Waals surface area (Å²) in [5, 5.41) is 14.4. The van der Waals surface area contributed by atoms with Gasteiger partial charge in [-0.1, -0.05) is 11.6 Å². The second-order valence-electron chi connectivity index (χ2n) is 4.58. The zero-order valence-corrected chi connectivity index (χ0v) is 11.2. The summed E-state index contributed by atoms with van der Waals surface area (Å²) in [5.74, 6) is 0.610. The lowest BCUT2D eigenvalue weighted by molar-refractivity contribution is -0.386. The first-order valence-electron chi connectivity index (χ1n) is 6.30. The minimum Gasteiger partial charge on any atom is -0.473 e. The molecule has 1 aliphatic heterocycles. The van der Waals surface area contributed by atoms with E-state index in [0.29, 0.717) is 12.5 Å². The van der Waals surface area contributed by atoms with Crippen molar-refractivity contribution in [2.24, 2.45) is 5.92 Å². The molecular formula is C12H16ClN3O3. The van der Waals surface area contributed by atoms with Crippen LogP contribution in [0, 0.1) is 16.0 Å². The number of ether oxygens (including phenoxy) is 1. The fourth-order valence-electron chi connectivity index (χ4n) is 2.15. The average Bonchev–Trinajstić information content (AvgIpc) is 2.41. The number of hydrogen-bond acceptors (Lipinski definition) is 5. The van der Waals surface area contributed by atoms with E-state index in [0.717, 1.165) is 19.5 Å². The van der Waals surface area contributed by atoms with E-state index in [2.05, 4.69) is 10.3 Å². The summed E-state index contributed by atoms with van der Waals surface area (Å²) in [4.78, 5) is 14.2. The zero-order valence-electron chi connectivity index (χ0n) is 10.5. The molecule has 6 nitrogen and oxygen atoms in total. The number of pyridine rings is 1. The van der Waals surface area contributed by atoms with Crippen molar-refractivity contribution in [3.63, 3.8) is 0 Å². The van der Waals surface area contributed by atoms with Crippen LogP contribution in [0.5, 0.6) is 5.88 Å². The average molecular weight is 286 g/mol. The van der Waals surface area contributed by atoms with Crippen LogP contribution in [0.2, 0.25) is 5.02 Å². The third-order valence-corrected chi connectivity index (χ3v) is 3.37. The summed E-state index contributed by atoms with van der Waals surface area (Å²) in [5.41, 5.74) is -0.186. The fraction of sp³-hybridized carbons (Fsp3) is 0.583. The van der Waals surface area contributed by atoms with Crippen molar-refractivity contribution in [1.82, 2.24) is 10.3 Å². The topological polar surface area (TPSA) is 77.3 Å². The Kier molecular flexibility index (Phi) is 4.93. The van der Waals surface area contributed by atoms with E-state index >= 15 is 0 Å². The van der Waals surface area contributed by atoms with Crippen LogP contribution in [-0.4, -0.2) is 29.6 Å². The highest BCUT2D eigenvalue weighted by Crippen LogP contribution is 2.27. The third-order valence-electron chi connectivity index (χ3n) is 3.16. The molecule has 0 aromatic carbocycles. The molecule has 1 aromatic heterocycles. The Balaban J connectivity index is 1.89. The van der Waals surface area contributed by atoms with Gasteiger partial charge in [0.25, 0.3) is 5.88 Å². The molecule has 1 atom stereocenters. The van der Waals surface area contributed by atoms with Crippen LogP contribution in [0.1, 0.15) is 19.3 Å². The van der Waals surface area contributed by atoms with Gasteiger partial charge in [-0.15, -0.1) is 0 Å². The molecule has 7 heteroatoms. The number of rotatable bonds is 5. The molecule has 2 rings (SSSR count). The van der Waals surface area contributed by atoms with Gasteiger partial charge in [0.05, 0.1) is 22.7 Å². The minimum atomic E-state index is -0.531. The first kappa shape index (κ1) is 14.0. The third kappa shape index (κ3) is 4.04. The van der Waals surface area contributed by atoms with Crippen molar-refractivity contribution in [2.45, 2.75) is 19.3 Å². The number of nitrogens with zero attached hydrogens (tertiary/aromatic N) is 2. The number of nitro groups is 1. The van der Waals surface area contributed by atoms with Gasteiger partial charge in [-0.2, -0.15) is 0 Å². The highest BCUT2D eigenvalue weighted by Gasteiger charge is 2.18. The summed E-state index contributed by atoms with van der Waals surface area (Å²) in [6, 6.07) is 1.26. The molecule has 1 aliphatic rings. The molecule has 0 spiro atoms. The Labute approximate surface area is 116 Å². The Morgan fingerprint density at radius 2 is 2.47 bits per heavy atom. The van der Waals surface area contributed by atoms with E-state index in [1.54, 1.807) is 0 Å². The zero-order chi connectivity index (χ0) is 13.7. The molecule has 1 N–H and O–H groups in total. The molecule has 2 heterocycles. The first-order valence-corrected chi connectivity index (χ1v) is 6.68. The lowest BCUT2D eigenvalue weighted by atomic mass is 9.97. The van der Waals surface area contributed by atoms with Crippen molar-refractivity contribution in [3.8, 4) is 5.88 Å². The summed E-state index contributed by atoms with van der Waals surface area (Å²) in [6.07, 6.45) is 4.57. The normalized spacial score (nSPS) is 19.1. The van der Waals surface area contributed by atoms with Gasteiger partial charge in [0.2, 0.25) is 0 Å². The molecule has 0 amide bonds. The largest absolute Gasteiger partial charge is 0.473 e. The van der Waals surface area contributed by atoms with Crippen LogP contribution >= 0.6 is 11.6 Å². The lowest BCUT2D eigenvalue weighted by Gasteiger charge is -2.22. The molecular weight excluding hydrogens is 270 g/mol. The van der Waals surface area contributed by atoms with E-state index in [9.17, 15) is 10.1 Å². The monoisotopic (exact) mass is 285 g/mol. The van der Waals surface area contributed by atoms with E-state index in [1.807, 2.05) is 0 Å². The molecule has 0 bridgehead atoms. The number of aromatic nitrogens is 1. The summed E-state index contributed by atoms with van der Waals surface area (Å²) < 4.78 is 5.42. The Morgan fingerprint density at radius 3 is 3.16 bits per heavy atom. The van der Waals surface area contributed by atoms with Gasteiger partial charge in [0.1, 0.15) is 0 Å². The maximum Gasteiger partial charge on any atom is 0.332 e. The van der Waals surface area contributed by atoms with Gasteiger partial charge in [0, 0.05) is 6.07 Å². The van der Waals surface area contributed by atoms with E-state index in [-0.39, 0.29) is 16.6 Å². The SMILES string of the molecule is O=[N+]([O-])c1cc(Cl)cnc1OCCC1CCCNC1. The van der Waals surface area contributed by atoms with Gasteiger partial charge >= 0.3 is 5.69 Å². The minimum absolute atomic E-state index is 0.0400. The molecule has 0 aliphatic carbocycles. The maximum absolute atomic E-state index is 10.9. The van der Waals surface area contributed by atoms with Crippen molar-refractivity contribution in [2.75, 3.05) is 19.7 Å². The molecule has 19 heavy (non-hydrogen) atoms. The smallest absolute Gasteiger partial charge is 0.332 e. The predicted octanol–water partition coefficient (Wildman–Crippen LogP) is 2.41. The number of halogens is 1. The van der Waals surface area contributed by atoms with Crippen molar-refractivity contribution >= 4 is 17.3 Å². The van der Waals surface area contributed by atoms with Crippen LogP contribution in [0.15, 0.2) is 12.3 Å².